The predicted octanol–water partition coefficient (Wildman–Crippen LogP) is 4.19. The van der Waals surface area contributed by atoms with Gasteiger partial charge in [-0.2, -0.15) is 0 Å². The lowest BCUT2D eigenvalue weighted by Gasteiger charge is -2.17. The summed E-state index contributed by atoms with van der Waals surface area (Å²) >= 11 is 0. The lowest BCUT2D eigenvalue weighted by molar-refractivity contribution is 0.0601. The van der Waals surface area contributed by atoms with Crippen LogP contribution < -0.4 is 10.1 Å². The van der Waals surface area contributed by atoms with Crippen LogP contribution >= 0.6 is 0 Å². The largest absolute Gasteiger partial charge is 0.497 e. The van der Waals surface area contributed by atoms with Crippen LogP contribution in [0.1, 0.15) is 34.0 Å². The molecular formula is C24H26N2O5S. The molecule has 0 aliphatic heterocycles. The van der Waals surface area contributed by atoms with Gasteiger partial charge in [-0.05, 0) is 60.9 Å². The molecule has 1 heterocycles. The van der Waals surface area contributed by atoms with Gasteiger partial charge < -0.3 is 14.8 Å². The van der Waals surface area contributed by atoms with Gasteiger partial charge in [-0.1, -0.05) is 19.1 Å². The molecule has 32 heavy (non-hydrogen) atoms. The summed E-state index contributed by atoms with van der Waals surface area (Å²) < 4.78 is 36.5. The smallest absolute Gasteiger partial charge is 0.339 e. The molecule has 1 aromatic heterocycles. The van der Waals surface area contributed by atoms with Gasteiger partial charge in [0.2, 0.25) is 9.84 Å². The standard InChI is InChI=1S/C24H26N2O5S/c1-5-17-13-16(2)22(21(14-17)24(27)31-4)26-15-18-7-6-12-25-23(18)32(28,29)20-10-8-19(30-3)9-11-20/h6-14,26H,5,15H2,1-4H3. The molecule has 8 heteroatoms. The maximum atomic E-state index is 13.2. The average Bonchev–Trinajstić information content (AvgIpc) is 2.82. The van der Waals surface area contributed by atoms with E-state index in [0.29, 0.717) is 22.6 Å². The Labute approximate surface area is 188 Å². The molecule has 0 saturated heterocycles. The topological polar surface area (TPSA) is 94.6 Å². The van der Waals surface area contributed by atoms with Crippen molar-refractivity contribution in [3.05, 3.63) is 77.0 Å². The van der Waals surface area contributed by atoms with Crippen LogP contribution in [0, 0.1) is 6.92 Å². The Morgan fingerprint density at radius 2 is 1.81 bits per heavy atom. The number of hydrogen-bond donors (Lipinski definition) is 1. The van der Waals surface area contributed by atoms with Gasteiger partial charge in [-0.15, -0.1) is 0 Å². The molecule has 0 bridgehead atoms. The van der Waals surface area contributed by atoms with Crippen molar-refractivity contribution in [3.8, 4) is 5.75 Å². The van der Waals surface area contributed by atoms with Crippen molar-refractivity contribution >= 4 is 21.5 Å². The molecule has 0 amide bonds. The lowest BCUT2D eigenvalue weighted by Crippen LogP contribution is -2.14. The highest BCUT2D eigenvalue weighted by molar-refractivity contribution is 7.91. The summed E-state index contributed by atoms with van der Waals surface area (Å²) in [6.07, 6.45) is 2.22. The number of carbonyl (C=O) groups is 1. The average molecular weight is 455 g/mol. The summed E-state index contributed by atoms with van der Waals surface area (Å²) in [4.78, 5) is 16.6. The van der Waals surface area contributed by atoms with Crippen molar-refractivity contribution in [2.24, 2.45) is 0 Å². The summed E-state index contributed by atoms with van der Waals surface area (Å²) in [5, 5.41) is 3.18. The minimum atomic E-state index is -3.85. The number of nitrogens with zero attached hydrogens (tertiary/aromatic N) is 1. The van der Waals surface area contributed by atoms with Gasteiger partial charge in [0.25, 0.3) is 0 Å². The predicted molar refractivity (Wildman–Crippen MR) is 122 cm³/mol. The fourth-order valence-electron chi connectivity index (χ4n) is 3.42. The van der Waals surface area contributed by atoms with E-state index >= 15 is 0 Å². The molecule has 0 saturated carbocycles. The number of pyridine rings is 1. The van der Waals surface area contributed by atoms with Crippen LogP contribution in [0.15, 0.2) is 64.6 Å². The number of sulfone groups is 1. The van der Waals surface area contributed by atoms with E-state index in [1.165, 1.54) is 32.5 Å². The Hall–Kier alpha value is -3.39. The molecule has 3 rings (SSSR count). The number of aromatic nitrogens is 1. The number of anilines is 1. The molecule has 0 atom stereocenters. The highest BCUT2D eigenvalue weighted by Gasteiger charge is 2.23. The van der Waals surface area contributed by atoms with Gasteiger partial charge >= 0.3 is 5.97 Å². The van der Waals surface area contributed by atoms with Crippen molar-refractivity contribution in [2.75, 3.05) is 19.5 Å². The minimum Gasteiger partial charge on any atom is -0.497 e. The van der Waals surface area contributed by atoms with Crippen molar-refractivity contribution in [3.63, 3.8) is 0 Å². The molecule has 0 aliphatic carbocycles. The van der Waals surface area contributed by atoms with Crippen LogP contribution in [0.4, 0.5) is 5.69 Å². The van der Waals surface area contributed by atoms with E-state index in [-0.39, 0.29) is 16.5 Å². The number of nitrogens with one attached hydrogen (secondary N) is 1. The first-order chi connectivity index (χ1) is 15.3. The van der Waals surface area contributed by atoms with Gasteiger partial charge in [-0.3, -0.25) is 0 Å². The van der Waals surface area contributed by atoms with E-state index in [9.17, 15) is 13.2 Å². The number of hydrogen-bond acceptors (Lipinski definition) is 7. The van der Waals surface area contributed by atoms with E-state index in [2.05, 4.69) is 10.3 Å². The summed E-state index contributed by atoms with van der Waals surface area (Å²) in [5.41, 5.74) is 3.38. The molecule has 0 aliphatic rings. The number of carbonyl (C=O) groups excluding carboxylic acids is 1. The molecule has 0 fully saturated rings. The molecule has 0 radical (unpaired) electrons. The van der Waals surface area contributed by atoms with Crippen LogP contribution in [0.25, 0.3) is 0 Å². The molecular weight excluding hydrogens is 428 g/mol. The monoisotopic (exact) mass is 454 g/mol. The third-order valence-corrected chi connectivity index (χ3v) is 6.91. The summed E-state index contributed by atoms with van der Waals surface area (Å²) in [7, 11) is -0.998. The second kappa shape index (κ2) is 9.82. The number of benzene rings is 2. The van der Waals surface area contributed by atoms with Crippen LogP contribution in [-0.4, -0.2) is 33.6 Å². The van der Waals surface area contributed by atoms with Crippen LogP contribution in [-0.2, 0) is 27.5 Å². The van der Waals surface area contributed by atoms with Gasteiger partial charge in [0.05, 0.1) is 30.4 Å². The van der Waals surface area contributed by atoms with Gasteiger partial charge in [0.1, 0.15) is 5.75 Å². The molecule has 0 spiro atoms. The van der Waals surface area contributed by atoms with E-state index in [0.717, 1.165) is 17.5 Å². The Morgan fingerprint density at radius 1 is 1.09 bits per heavy atom. The molecule has 2 aromatic carbocycles. The third kappa shape index (κ3) is 4.75. The van der Waals surface area contributed by atoms with Crippen LogP contribution in [0.2, 0.25) is 0 Å². The normalized spacial score (nSPS) is 11.1. The first kappa shape index (κ1) is 23.3. The molecule has 0 unspecified atom stereocenters. The molecule has 168 valence electrons. The second-order valence-electron chi connectivity index (χ2n) is 7.18. The number of rotatable bonds is 8. The zero-order chi connectivity index (χ0) is 23.3. The van der Waals surface area contributed by atoms with E-state index in [1.54, 1.807) is 30.3 Å². The molecule has 1 N–H and O–H groups in total. The van der Waals surface area contributed by atoms with Crippen LogP contribution in [0.3, 0.4) is 0 Å². The Kier molecular flexibility index (Phi) is 7.15. The summed E-state index contributed by atoms with van der Waals surface area (Å²) in [6, 6.07) is 13.3. The number of methoxy groups -OCH3 is 2. The van der Waals surface area contributed by atoms with Gasteiger partial charge in [0, 0.05) is 18.3 Å². The second-order valence-corrected chi connectivity index (χ2v) is 9.05. The van der Waals surface area contributed by atoms with E-state index in [4.69, 9.17) is 9.47 Å². The van der Waals surface area contributed by atoms with Crippen molar-refractivity contribution in [1.82, 2.24) is 4.98 Å². The Bertz CT molecular complexity index is 1220. The maximum Gasteiger partial charge on any atom is 0.339 e. The first-order valence-corrected chi connectivity index (χ1v) is 11.6. The zero-order valence-corrected chi connectivity index (χ0v) is 19.3. The number of esters is 1. The Balaban J connectivity index is 1.97. The van der Waals surface area contributed by atoms with E-state index < -0.39 is 15.8 Å². The third-order valence-electron chi connectivity index (χ3n) is 5.14. The first-order valence-electron chi connectivity index (χ1n) is 10.1. The van der Waals surface area contributed by atoms with Gasteiger partial charge in [0.15, 0.2) is 5.03 Å². The van der Waals surface area contributed by atoms with Crippen LogP contribution in [0.5, 0.6) is 5.75 Å². The van der Waals surface area contributed by atoms with Crippen molar-refractivity contribution in [1.29, 1.82) is 0 Å². The number of aryl methyl sites for hydroxylation is 2. The lowest BCUT2D eigenvalue weighted by atomic mass is 10.0. The fourth-order valence-corrected chi connectivity index (χ4v) is 4.83. The van der Waals surface area contributed by atoms with E-state index in [1.807, 2.05) is 19.9 Å². The maximum absolute atomic E-state index is 13.2. The minimum absolute atomic E-state index is 0.0416. The highest BCUT2D eigenvalue weighted by atomic mass is 32.2. The van der Waals surface area contributed by atoms with Gasteiger partial charge in [-0.25, -0.2) is 18.2 Å². The summed E-state index contributed by atoms with van der Waals surface area (Å²) in [6.45, 7) is 4.07. The molecule has 7 nitrogen and oxygen atoms in total. The van der Waals surface area contributed by atoms with Crippen molar-refractivity contribution in [2.45, 2.75) is 36.7 Å². The van der Waals surface area contributed by atoms with Crippen molar-refractivity contribution < 1.29 is 22.7 Å². The fraction of sp³-hybridized carbons (Fsp3) is 0.250. The SMILES string of the molecule is CCc1cc(C)c(NCc2cccnc2S(=O)(=O)c2ccc(OC)cc2)c(C(=O)OC)c1. The highest BCUT2D eigenvalue weighted by Crippen LogP contribution is 2.28. The Morgan fingerprint density at radius 3 is 2.44 bits per heavy atom. The quantitative estimate of drug-likeness (QED) is 0.510. The number of ether oxygens (including phenoxy) is 2. The zero-order valence-electron chi connectivity index (χ0n) is 18.5. The molecule has 3 aromatic rings. The summed E-state index contributed by atoms with van der Waals surface area (Å²) in [5.74, 6) is 0.108.